The number of aryl methyl sites for hydroxylation is 1. The van der Waals surface area contributed by atoms with E-state index in [1.165, 1.54) is 24.8 Å². The number of amides is 2. The molecule has 2 N–H and O–H groups in total. The molecule has 7 heteroatoms. The standard InChI is InChI=1S/C30H48N2O5/c1-5-6-8-13-27(33)31-26(28(34)35)22-25-16-14-23(15-17-25)11-9-7-10-12-24-18-20-32(21-19-24)29(36)37-30(2,3)4/h14-17,24,26H,5-13,18-22H2,1-4H3,(H,31,33)(H,34,35)/t26-/m0/s1. The summed E-state index contributed by atoms with van der Waals surface area (Å²) in [6, 6.07) is 7.21. The zero-order valence-corrected chi connectivity index (χ0v) is 23.4. The number of carboxylic acid groups (broad SMARTS) is 1. The minimum absolute atomic E-state index is 0.189. The van der Waals surface area contributed by atoms with Crippen molar-refractivity contribution < 1.29 is 24.2 Å². The Morgan fingerprint density at radius 3 is 2.24 bits per heavy atom. The summed E-state index contributed by atoms with van der Waals surface area (Å²) in [4.78, 5) is 37.7. The summed E-state index contributed by atoms with van der Waals surface area (Å²) in [5.41, 5.74) is 1.73. The van der Waals surface area contributed by atoms with E-state index in [2.05, 4.69) is 24.4 Å². The zero-order valence-electron chi connectivity index (χ0n) is 23.4. The summed E-state index contributed by atoms with van der Waals surface area (Å²) < 4.78 is 5.48. The van der Waals surface area contributed by atoms with Crippen molar-refractivity contribution in [1.29, 1.82) is 0 Å². The van der Waals surface area contributed by atoms with Crippen molar-refractivity contribution in [3.63, 3.8) is 0 Å². The van der Waals surface area contributed by atoms with Crippen molar-refractivity contribution in [2.75, 3.05) is 13.1 Å². The number of ether oxygens (including phenoxy) is 1. The third-order valence-electron chi connectivity index (χ3n) is 6.95. The molecule has 1 heterocycles. The topological polar surface area (TPSA) is 95.9 Å². The smallest absolute Gasteiger partial charge is 0.410 e. The maximum atomic E-state index is 12.2. The van der Waals surface area contributed by atoms with Crippen LogP contribution in [0.5, 0.6) is 0 Å². The number of benzene rings is 1. The van der Waals surface area contributed by atoms with Gasteiger partial charge in [0.2, 0.25) is 5.91 Å². The van der Waals surface area contributed by atoms with Gasteiger partial charge >= 0.3 is 12.1 Å². The Kier molecular flexibility index (Phi) is 12.9. The van der Waals surface area contributed by atoms with E-state index >= 15 is 0 Å². The maximum Gasteiger partial charge on any atom is 0.410 e. The van der Waals surface area contributed by atoms with Gasteiger partial charge in [-0.05, 0) is 69.9 Å². The van der Waals surface area contributed by atoms with Crippen LogP contribution in [0.4, 0.5) is 4.79 Å². The van der Waals surface area contributed by atoms with E-state index in [4.69, 9.17) is 4.74 Å². The van der Waals surface area contributed by atoms with Crippen molar-refractivity contribution >= 4 is 18.0 Å². The molecular weight excluding hydrogens is 468 g/mol. The van der Waals surface area contributed by atoms with Crippen LogP contribution in [-0.4, -0.2) is 52.7 Å². The molecule has 1 aliphatic rings. The number of aliphatic carboxylic acids is 1. The van der Waals surface area contributed by atoms with Crippen LogP contribution in [0.15, 0.2) is 24.3 Å². The van der Waals surface area contributed by atoms with Gasteiger partial charge in [-0.25, -0.2) is 9.59 Å². The van der Waals surface area contributed by atoms with Gasteiger partial charge in [-0.15, -0.1) is 0 Å². The van der Waals surface area contributed by atoms with Crippen LogP contribution in [0.2, 0.25) is 0 Å². The van der Waals surface area contributed by atoms with Gasteiger partial charge in [-0.3, -0.25) is 4.79 Å². The molecule has 208 valence electrons. The highest BCUT2D eigenvalue weighted by atomic mass is 16.6. The fraction of sp³-hybridized carbons (Fsp3) is 0.700. The first-order valence-electron chi connectivity index (χ1n) is 14.1. The lowest BCUT2D eigenvalue weighted by Crippen LogP contribution is -2.42. The molecule has 0 bridgehead atoms. The van der Waals surface area contributed by atoms with Gasteiger partial charge in [-0.1, -0.05) is 63.3 Å². The van der Waals surface area contributed by atoms with Gasteiger partial charge in [0.15, 0.2) is 0 Å². The number of unbranched alkanes of at least 4 members (excludes halogenated alkanes) is 4. The Bertz CT molecular complexity index is 839. The van der Waals surface area contributed by atoms with Crippen LogP contribution >= 0.6 is 0 Å². The van der Waals surface area contributed by atoms with E-state index in [-0.39, 0.29) is 12.0 Å². The van der Waals surface area contributed by atoms with E-state index < -0.39 is 17.6 Å². The van der Waals surface area contributed by atoms with Gasteiger partial charge in [0.25, 0.3) is 0 Å². The number of carbonyl (C=O) groups is 3. The molecule has 1 aliphatic heterocycles. The summed E-state index contributed by atoms with van der Waals surface area (Å²) in [6.07, 6.45) is 11.1. The number of hydrogen-bond acceptors (Lipinski definition) is 4. The second-order valence-electron chi connectivity index (χ2n) is 11.4. The van der Waals surface area contributed by atoms with E-state index in [0.717, 1.165) is 63.6 Å². The Balaban J connectivity index is 1.63. The number of hydrogen-bond donors (Lipinski definition) is 2. The zero-order chi connectivity index (χ0) is 27.3. The third kappa shape index (κ3) is 12.5. The highest BCUT2D eigenvalue weighted by Gasteiger charge is 2.26. The quantitative estimate of drug-likeness (QED) is 0.290. The van der Waals surface area contributed by atoms with Crippen LogP contribution in [0.3, 0.4) is 0 Å². The Hall–Kier alpha value is -2.57. The summed E-state index contributed by atoms with van der Waals surface area (Å²) in [7, 11) is 0. The van der Waals surface area contributed by atoms with E-state index in [1.807, 2.05) is 37.8 Å². The first kappa shape index (κ1) is 30.7. The maximum absolute atomic E-state index is 12.2. The van der Waals surface area contributed by atoms with E-state index in [1.54, 1.807) is 0 Å². The molecule has 1 aromatic rings. The lowest BCUT2D eigenvalue weighted by molar-refractivity contribution is -0.141. The first-order valence-corrected chi connectivity index (χ1v) is 14.1. The molecule has 0 saturated carbocycles. The molecule has 0 aromatic heterocycles. The van der Waals surface area contributed by atoms with Crippen LogP contribution in [0.1, 0.15) is 103 Å². The highest BCUT2D eigenvalue weighted by Crippen LogP contribution is 2.24. The largest absolute Gasteiger partial charge is 0.480 e. The summed E-state index contributed by atoms with van der Waals surface area (Å²) in [5, 5.41) is 12.2. The average Bonchev–Trinajstić information content (AvgIpc) is 2.84. The Morgan fingerprint density at radius 1 is 1.00 bits per heavy atom. The number of piperidine rings is 1. The van der Waals surface area contributed by atoms with Crippen molar-refractivity contribution in [2.45, 2.75) is 116 Å². The summed E-state index contributed by atoms with van der Waals surface area (Å²) >= 11 is 0. The number of likely N-dealkylation sites (tertiary alicyclic amines) is 1. The molecule has 1 fully saturated rings. The first-order chi connectivity index (χ1) is 17.6. The molecule has 0 unspecified atom stereocenters. The molecule has 1 saturated heterocycles. The van der Waals surface area contributed by atoms with Crippen LogP contribution in [0.25, 0.3) is 0 Å². The SMILES string of the molecule is CCCCCC(=O)N[C@@H](Cc1ccc(CCCCCC2CCN(C(=O)OC(C)(C)C)CC2)cc1)C(=O)O. The second kappa shape index (κ2) is 15.6. The molecule has 7 nitrogen and oxygen atoms in total. The highest BCUT2D eigenvalue weighted by molar-refractivity contribution is 5.83. The summed E-state index contributed by atoms with van der Waals surface area (Å²) in [5.74, 6) is -0.498. The predicted molar refractivity (Wildman–Crippen MR) is 147 cm³/mol. The molecule has 37 heavy (non-hydrogen) atoms. The number of carboxylic acids is 1. The fourth-order valence-corrected chi connectivity index (χ4v) is 4.75. The molecule has 2 rings (SSSR count). The monoisotopic (exact) mass is 516 g/mol. The molecule has 1 aromatic carbocycles. The van der Waals surface area contributed by atoms with Gasteiger partial charge in [0.05, 0.1) is 0 Å². The normalized spacial score (nSPS) is 15.3. The lowest BCUT2D eigenvalue weighted by Gasteiger charge is -2.33. The van der Waals surface area contributed by atoms with Crippen molar-refractivity contribution in [3.05, 3.63) is 35.4 Å². The molecule has 2 amide bonds. The molecule has 0 aliphatic carbocycles. The van der Waals surface area contributed by atoms with Gasteiger partial charge in [0, 0.05) is 25.9 Å². The number of rotatable bonds is 14. The number of nitrogens with zero attached hydrogens (tertiary/aromatic N) is 1. The average molecular weight is 517 g/mol. The van der Waals surface area contributed by atoms with Crippen LogP contribution < -0.4 is 5.32 Å². The van der Waals surface area contributed by atoms with E-state index in [0.29, 0.717) is 18.8 Å². The second-order valence-corrected chi connectivity index (χ2v) is 11.4. The van der Waals surface area contributed by atoms with Crippen molar-refractivity contribution in [2.24, 2.45) is 5.92 Å². The van der Waals surface area contributed by atoms with Crippen molar-refractivity contribution in [1.82, 2.24) is 10.2 Å². The Morgan fingerprint density at radius 2 is 1.65 bits per heavy atom. The molecular formula is C30H48N2O5. The van der Waals surface area contributed by atoms with Gasteiger partial charge < -0.3 is 20.1 Å². The Labute approximate surface area is 223 Å². The predicted octanol–water partition coefficient (Wildman–Crippen LogP) is 6.13. The number of carbonyl (C=O) groups excluding carboxylic acids is 2. The minimum Gasteiger partial charge on any atom is -0.480 e. The van der Waals surface area contributed by atoms with Crippen molar-refractivity contribution in [3.8, 4) is 0 Å². The van der Waals surface area contributed by atoms with Crippen LogP contribution in [-0.2, 0) is 27.2 Å². The van der Waals surface area contributed by atoms with Crippen LogP contribution in [0, 0.1) is 5.92 Å². The lowest BCUT2D eigenvalue weighted by atomic mass is 9.91. The number of nitrogens with one attached hydrogen (secondary N) is 1. The fourth-order valence-electron chi connectivity index (χ4n) is 4.75. The molecule has 1 atom stereocenters. The molecule has 0 radical (unpaired) electrons. The minimum atomic E-state index is -0.997. The van der Waals surface area contributed by atoms with E-state index in [9.17, 15) is 19.5 Å². The van der Waals surface area contributed by atoms with Gasteiger partial charge in [-0.2, -0.15) is 0 Å². The van der Waals surface area contributed by atoms with Gasteiger partial charge in [0.1, 0.15) is 11.6 Å². The summed E-state index contributed by atoms with van der Waals surface area (Å²) in [6.45, 7) is 9.35. The third-order valence-corrected chi connectivity index (χ3v) is 6.95. The molecule has 0 spiro atoms.